The highest BCUT2D eigenvalue weighted by Gasteiger charge is 2.07. The molecular weight excluding hydrogens is 244 g/mol. The van der Waals surface area contributed by atoms with Crippen LogP contribution in [0.2, 0.25) is 5.15 Å². The van der Waals surface area contributed by atoms with E-state index >= 15 is 0 Å². The topological polar surface area (TPSA) is 17.8 Å². The van der Waals surface area contributed by atoms with Crippen molar-refractivity contribution in [3.63, 3.8) is 0 Å². The van der Waals surface area contributed by atoms with Gasteiger partial charge in [-0.25, -0.2) is 4.98 Å². The van der Waals surface area contributed by atoms with Gasteiger partial charge in [-0.1, -0.05) is 41.9 Å². The SMILES string of the molecule is Cc1cn(Cc2ccccc2)c2cc(Cl)ncc12. The first-order valence-corrected chi connectivity index (χ1v) is 6.27. The van der Waals surface area contributed by atoms with Crippen molar-refractivity contribution >= 4 is 22.5 Å². The minimum Gasteiger partial charge on any atom is -0.343 e. The molecule has 0 saturated carbocycles. The number of pyridine rings is 1. The molecule has 0 fully saturated rings. The number of hydrogen-bond acceptors (Lipinski definition) is 1. The molecule has 1 aromatic carbocycles. The van der Waals surface area contributed by atoms with E-state index in [0.29, 0.717) is 5.15 Å². The van der Waals surface area contributed by atoms with E-state index < -0.39 is 0 Å². The molecule has 2 nitrogen and oxygen atoms in total. The molecule has 0 spiro atoms. The zero-order chi connectivity index (χ0) is 12.5. The Morgan fingerprint density at radius 1 is 1.22 bits per heavy atom. The van der Waals surface area contributed by atoms with Gasteiger partial charge in [-0.3, -0.25) is 0 Å². The molecule has 0 unspecified atom stereocenters. The van der Waals surface area contributed by atoms with E-state index in [1.165, 1.54) is 11.1 Å². The standard InChI is InChI=1S/C15H13ClN2/c1-11-9-18(10-12-5-3-2-4-6-12)14-7-15(16)17-8-13(11)14/h2-9H,10H2,1H3. The average Bonchev–Trinajstić information content (AvgIpc) is 2.67. The minimum absolute atomic E-state index is 0.537. The zero-order valence-electron chi connectivity index (χ0n) is 10.1. The lowest BCUT2D eigenvalue weighted by molar-refractivity contribution is 0.834. The maximum atomic E-state index is 5.98. The molecule has 3 rings (SSSR count). The summed E-state index contributed by atoms with van der Waals surface area (Å²) in [5.74, 6) is 0. The van der Waals surface area contributed by atoms with E-state index in [9.17, 15) is 0 Å². The number of hydrogen-bond donors (Lipinski definition) is 0. The number of halogens is 1. The van der Waals surface area contributed by atoms with Crippen molar-refractivity contribution in [1.29, 1.82) is 0 Å². The second-order valence-electron chi connectivity index (χ2n) is 4.45. The van der Waals surface area contributed by atoms with Gasteiger partial charge >= 0.3 is 0 Å². The molecule has 3 heteroatoms. The molecule has 3 aromatic rings. The summed E-state index contributed by atoms with van der Waals surface area (Å²) in [5, 5.41) is 1.70. The van der Waals surface area contributed by atoms with Crippen molar-refractivity contribution in [2.45, 2.75) is 13.5 Å². The number of benzene rings is 1. The van der Waals surface area contributed by atoms with Gasteiger partial charge < -0.3 is 4.57 Å². The summed E-state index contributed by atoms with van der Waals surface area (Å²) in [5.41, 5.74) is 3.64. The van der Waals surface area contributed by atoms with Crippen LogP contribution in [0.1, 0.15) is 11.1 Å². The smallest absolute Gasteiger partial charge is 0.131 e. The van der Waals surface area contributed by atoms with Crippen molar-refractivity contribution in [2.24, 2.45) is 0 Å². The summed E-state index contributed by atoms with van der Waals surface area (Å²) in [6, 6.07) is 12.3. The molecule has 0 saturated heterocycles. The normalized spacial score (nSPS) is 11.0. The fourth-order valence-corrected chi connectivity index (χ4v) is 2.40. The molecule has 2 aromatic heterocycles. The van der Waals surface area contributed by atoms with E-state index in [-0.39, 0.29) is 0 Å². The molecule has 0 radical (unpaired) electrons. The predicted octanol–water partition coefficient (Wildman–Crippen LogP) is 4.05. The van der Waals surface area contributed by atoms with Gasteiger partial charge in [0.2, 0.25) is 0 Å². The highest BCUT2D eigenvalue weighted by Crippen LogP contribution is 2.23. The third kappa shape index (κ3) is 2.00. The van der Waals surface area contributed by atoms with Crippen LogP contribution in [-0.4, -0.2) is 9.55 Å². The molecule has 0 aliphatic carbocycles. The Morgan fingerprint density at radius 2 is 2.00 bits per heavy atom. The van der Waals surface area contributed by atoms with Crippen LogP contribution in [0, 0.1) is 6.92 Å². The van der Waals surface area contributed by atoms with Crippen LogP contribution in [0.4, 0.5) is 0 Å². The number of aryl methyl sites for hydroxylation is 1. The highest BCUT2D eigenvalue weighted by molar-refractivity contribution is 6.30. The summed E-state index contributed by atoms with van der Waals surface area (Å²) in [4.78, 5) is 4.14. The van der Waals surface area contributed by atoms with Crippen molar-refractivity contribution < 1.29 is 0 Å². The quantitative estimate of drug-likeness (QED) is 0.633. The lowest BCUT2D eigenvalue weighted by atomic mass is 10.2. The zero-order valence-corrected chi connectivity index (χ0v) is 10.9. The lowest BCUT2D eigenvalue weighted by Crippen LogP contribution is -1.97. The van der Waals surface area contributed by atoms with Gasteiger partial charge in [0.25, 0.3) is 0 Å². The largest absolute Gasteiger partial charge is 0.343 e. The lowest BCUT2D eigenvalue weighted by Gasteiger charge is -2.05. The average molecular weight is 257 g/mol. The van der Waals surface area contributed by atoms with Gasteiger partial charge in [-0.2, -0.15) is 0 Å². The predicted molar refractivity (Wildman–Crippen MR) is 75.0 cm³/mol. The Bertz CT molecular complexity index is 686. The monoisotopic (exact) mass is 256 g/mol. The first-order valence-electron chi connectivity index (χ1n) is 5.89. The van der Waals surface area contributed by atoms with Crippen molar-refractivity contribution in [2.75, 3.05) is 0 Å². The second-order valence-corrected chi connectivity index (χ2v) is 4.84. The minimum atomic E-state index is 0.537. The molecule has 0 amide bonds. The summed E-state index contributed by atoms with van der Waals surface area (Å²) in [6.45, 7) is 2.95. The Kier molecular flexibility index (Phi) is 2.80. The first-order chi connectivity index (χ1) is 8.74. The maximum Gasteiger partial charge on any atom is 0.131 e. The maximum absolute atomic E-state index is 5.98. The fourth-order valence-electron chi connectivity index (χ4n) is 2.25. The molecule has 18 heavy (non-hydrogen) atoms. The van der Waals surface area contributed by atoms with Crippen LogP contribution in [0.5, 0.6) is 0 Å². The molecule has 2 heterocycles. The van der Waals surface area contributed by atoms with E-state index in [2.05, 4.69) is 46.9 Å². The van der Waals surface area contributed by atoms with Gasteiger partial charge in [0.05, 0.1) is 5.52 Å². The Morgan fingerprint density at radius 3 is 2.78 bits per heavy atom. The molecule has 90 valence electrons. The van der Waals surface area contributed by atoms with Crippen LogP contribution < -0.4 is 0 Å². The van der Waals surface area contributed by atoms with Crippen LogP contribution in [0.25, 0.3) is 10.9 Å². The van der Waals surface area contributed by atoms with Crippen molar-refractivity contribution in [1.82, 2.24) is 9.55 Å². The van der Waals surface area contributed by atoms with E-state index in [1.54, 1.807) is 0 Å². The van der Waals surface area contributed by atoms with E-state index in [1.807, 2.05) is 18.3 Å². The molecule has 0 bridgehead atoms. The van der Waals surface area contributed by atoms with Crippen molar-refractivity contribution in [3.05, 3.63) is 65.1 Å². The van der Waals surface area contributed by atoms with Crippen LogP contribution in [-0.2, 0) is 6.54 Å². The van der Waals surface area contributed by atoms with Crippen LogP contribution in [0.3, 0.4) is 0 Å². The molecule has 0 N–H and O–H groups in total. The van der Waals surface area contributed by atoms with Crippen molar-refractivity contribution in [3.8, 4) is 0 Å². The Balaban J connectivity index is 2.09. The van der Waals surface area contributed by atoms with Gasteiger partial charge in [0, 0.05) is 24.3 Å². The highest BCUT2D eigenvalue weighted by atomic mass is 35.5. The Labute approximate surface area is 111 Å². The van der Waals surface area contributed by atoms with Gasteiger partial charge in [-0.15, -0.1) is 0 Å². The summed E-state index contributed by atoms with van der Waals surface area (Å²) in [7, 11) is 0. The number of nitrogens with zero attached hydrogens (tertiary/aromatic N) is 2. The number of rotatable bonds is 2. The van der Waals surface area contributed by atoms with Gasteiger partial charge in [0.1, 0.15) is 5.15 Å². The number of aromatic nitrogens is 2. The summed E-state index contributed by atoms with van der Waals surface area (Å²) >= 11 is 5.98. The molecular formula is C15H13ClN2. The number of fused-ring (bicyclic) bond motifs is 1. The molecule has 0 aliphatic heterocycles. The summed E-state index contributed by atoms with van der Waals surface area (Å²) in [6.07, 6.45) is 3.99. The van der Waals surface area contributed by atoms with Crippen LogP contribution in [0.15, 0.2) is 48.8 Å². The molecule has 0 aliphatic rings. The summed E-state index contributed by atoms with van der Waals surface area (Å²) < 4.78 is 2.22. The fraction of sp³-hybridized carbons (Fsp3) is 0.133. The Hall–Kier alpha value is -1.80. The first kappa shape index (κ1) is 11.3. The van der Waals surface area contributed by atoms with E-state index in [4.69, 9.17) is 11.6 Å². The van der Waals surface area contributed by atoms with Gasteiger partial charge in [-0.05, 0) is 24.1 Å². The third-order valence-electron chi connectivity index (χ3n) is 3.13. The third-order valence-corrected chi connectivity index (χ3v) is 3.33. The molecule has 0 atom stereocenters. The van der Waals surface area contributed by atoms with Crippen LogP contribution >= 0.6 is 11.6 Å². The van der Waals surface area contributed by atoms with E-state index in [0.717, 1.165) is 17.4 Å². The van der Waals surface area contributed by atoms with Gasteiger partial charge in [0.15, 0.2) is 0 Å². The second kappa shape index (κ2) is 4.46.